The van der Waals surface area contributed by atoms with Crippen molar-refractivity contribution in [1.29, 1.82) is 0 Å². The summed E-state index contributed by atoms with van der Waals surface area (Å²) in [7, 11) is -2.16. The van der Waals surface area contributed by atoms with Crippen LogP contribution in [0.25, 0.3) is 0 Å². The molecule has 3 amide bonds. The Kier molecular flexibility index (Phi) is 3.97. The first-order valence-electron chi connectivity index (χ1n) is 8.61. The number of imide groups is 1. The van der Waals surface area contributed by atoms with Crippen molar-refractivity contribution in [1.82, 2.24) is 9.62 Å². The first-order chi connectivity index (χ1) is 12.7. The number of rotatable bonds is 5. The van der Waals surface area contributed by atoms with Crippen LogP contribution in [0.5, 0.6) is 0 Å². The maximum absolute atomic E-state index is 12.9. The highest BCUT2D eigenvalue weighted by Gasteiger charge is 2.48. The molecule has 9 heteroatoms. The Labute approximate surface area is 156 Å². The molecule has 27 heavy (non-hydrogen) atoms. The predicted molar refractivity (Wildman–Crippen MR) is 96.3 cm³/mol. The zero-order valence-electron chi connectivity index (χ0n) is 15.0. The van der Waals surface area contributed by atoms with Gasteiger partial charge in [-0.2, -0.15) is 14.3 Å². The van der Waals surface area contributed by atoms with Gasteiger partial charge in [-0.3, -0.25) is 0 Å². The topological polar surface area (TPSA) is 99.7 Å². The summed E-state index contributed by atoms with van der Waals surface area (Å²) >= 11 is 0. The van der Waals surface area contributed by atoms with Gasteiger partial charge < -0.3 is 4.42 Å². The fourth-order valence-corrected chi connectivity index (χ4v) is 4.74. The second-order valence-electron chi connectivity index (χ2n) is 7.37. The summed E-state index contributed by atoms with van der Waals surface area (Å²) in [5.41, 5.74) is 0.735. The number of hydrogen-bond donors (Lipinski definition) is 1. The van der Waals surface area contributed by atoms with Crippen LogP contribution in [-0.4, -0.2) is 48.1 Å². The van der Waals surface area contributed by atoms with Gasteiger partial charge in [-0.25, -0.2) is 17.9 Å². The van der Waals surface area contributed by atoms with Crippen molar-refractivity contribution in [3.63, 3.8) is 0 Å². The highest BCUT2D eigenvalue weighted by Crippen LogP contribution is 2.36. The number of furan rings is 1. The minimum absolute atomic E-state index is 0.0451. The van der Waals surface area contributed by atoms with Crippen molar-refractivity contribution in [3.8, 4) is 0 Å². The van der Waals surface area contributed by atoms with E-state index in [4.69, 9.17) is 4.42 Å². The smallest absolute Gasteiger partial charge is 0.472 e. The van der Waals surface area contributed by atoms with E-state index in [0.717, 1.165) is 17.7 Å². The second-order valence-corrected chi connectivity index (χ2v) is 9.05. The van der Waals surface area contributed by atoms with E-state index in [1.54, 1.807) is 13.1 Å². The minimum Gasteiger partial charge on any atom is -0.472 e. The Morgan fingerprint density at radius 1 is 1.33 bits per heavy atom. The number of sulfonamides is 1. The average Bonchev–Trinajstić information content (AvgIpc) is 3.12. The number of urea groups is 1. The summed E-state index contributed by atoms with van der Waals surface area (Å²) in [5.74, 6) is -1.29. The molecule has 0 bridgehead atoms. The van der Waals surface area contributed by atoms with E-state index in [9.17, 15) is 18.0 Å². The summed E-state index contributed by atoms with van der Waals surface area (Å²) < 4.78 is 34.3. The molecule has 0 spiro atoms. The Balaban J connectivity index is 1.67. The lowest BCUT2D eigenvalue weighted by Gasteiger charge is -2.26. The van der Waals surface area contributed by atoms with Crippen molar-refractivity contribution in [2.75, 3.05) is 7.05 Å². The van der Waals surface area contributed by atoms with E-state index < -0.39 is 33.4 Å². The molecule has 2 heterocycles. The highest BCUT2D eigenvalue weighted by molar-refractivity contribution is 7.93. The molecule has 1 aromatic heterocycles. The quantitative estimate of drug-likeness (QED) is 0.766. The third kappa shape index (κ3) is 3.17. The number of carbonyl (C=O) groups is 2. The second kappa shape index (κ2) is 6.00. The first kappa shape index (κ1) is 17.9. The molecule has 142 valence electrons. The van der Waals surface area contributed by atoms with E-state index >= 15 is 0 Å². The van der Waals surface area contributed by atoms with Crippen molar-refractivity contribution < 1.29 is 27.0 Å². The van der Waals surface area contributed by atoms with Crippen LogP contribution in [0.1, 0.15) is 25.3 Å². The molecular weight excluding hydrogens is 370 g/mol. The Morgan fingerprint density at radius 2 is 2.07 bits per heavy atom. The van der Waals surface area contributed by atoms with Crippen molar-refractivity contribution in [2.24, 2.45) is 5.92 Å². The molecule has 8 nitrogen and oxygen atoms in total. The van der Waals surface area contributed by atoms with Gasteiger partial charge >= 0.3 is 11.9 Å². The zero-order valence-corrected chi connectivity index (χ0v) is 15.8. The molecule has 0 radical (unpaired) electrons. The van der Waals surface area contributed by atoms with Crippen molar-refractivity contribution >= 4 is 27.7 Å². The largest absolute Gasteiger partial charge is 0.500 e. The first-order valence-corrected chi connectivity index (χ1v) is 10.1. The van der Waals surface area contributed by atoms with Gasteiger partial charge in [0, 0.05) is 11.1 Å². The van der Waals surface area contributed by atoms with E-state index in [1.165, 1.54) is 35.3 Å². The summed E-state index contributed by atoms with van der Waals surface area (Å²) in [6.07, 6.45) is 8.89. The van der Waals surface area contributed by atoms with Crippen LogP contribution >= 0.6 is 0 Å². The van der Waals surface area contributed by atoms with Crippen LogP contribution in [-0.2, 0) is 21.4 Å². The maximum atomic E-state index is 12.9. The van der Waals surface area contributed by atoms with Gasteiger partial charge in [0.1, 0.15) is 18.2 Å². The Morgan fingerprint density at radius 3 is 2.70 bits per heavy atom. The normalized spacial score (nSPS) is 24.1. The lowest BCUT2D eigenvalue weighted by atomic mass is 9.94. The molecule has 1 unspecified atom stereocenters. The molecule has 1 aromatic rings. The Bertz CT molecular complexity index is 1010. The number of fused-ring (bicyclic) bond motifs is 1. The SMILES string of the molecule is C[N+]1=C2C=CC(S(=O)(=O)NC3(C)CC3)=CC2C(=O)N(Cc2ccoc2)C1=O. The van der Waals surface area contributed by atoms with Gasteiger partial charge in [-0.1, -0.05) is 0 Å². The van der Waals surface area contributed by atoms with Gasteiger partial charge in [-0.05, 0) is 44.1 Å². The van der Waals surface area contributed by atoms with Gasteiger partial charge in [0.2, 0.25) is 10.0 Å². The lowest BCUT2D eigenvalue weighted by molar-refractivity contribution is -0.406. The molecular formula is C18H20N3O5S+. The molecule has 1 atom stereocenters. The molecule has 1 saturated carbocycles. The summed E-state index contributed by atoms with van der Waals surface area (Å²) in [5, 5.41) is 0. The summed E-state index contributed by atoms with van der Waals surface area (Å²) in [4.78, 5) is 26.7. The lowest BCUT2D eigenvalue weighted by Crippen LogP contribution is -2.53. The van der Waals surface area contributed by atoms with Gasteiger partial charge in [-0.15, -0.1) is 0 Å². The number of allylic oxidation sites excluding steroid dienone is 2. The number of hydrogen-bond acceptors (Lipinski definition) is 5. The highest BCUT2D eigenvalue weighted by atomic mass is 32.2. The van der Waals surface area contributed by atoms with Crippen LogP contribution in [0.3, 0.4) is 0 Å². The number of nitrogens with one attached hydrogen (secondary N) is 1. The molecule has 1 aliphatic heterocycles. The molecule has 1 N–H and O–H groups in total. The molecule has 1 fully saturated rings. The van der Waals surface area contributed by atoms with Crippen LogP contribution in [0.4, 0.5) is 4.79 Å². The van der Waals surface area contributed by atoms with Gasteiger partial charge in [0.25, 0.3) is 0 Å². The summed E-state index contributed by atoms with van der Waals surface area (Å²) in [6, 6.07) is 1.22. The molecule has 0 saturated heterocycles. The molecule has 4 rings (SSSR count). The molecule has 0 aromatic carbocycles. The average molecular weight is 390 g/mol. The summed E-state index contributed by atoms with van der Waals surface area (Å²) in [6.45, 7) is 1.91. The van der Waals surface area contributed by atoms with Crippen LogP contribution in [0.2, 0.25) is 0 Å². The fourth-order valence-electron chi connectivity index (χ4n) is 3.21. The van der Waals surface area contributed by atoms with E-state index in [0.29, 0.717) is 11.3 Å². The van der Waals surface area contributed by atoms with Gasteiger partial charge in [0.15, 0.2) is 0 Å². The van der Waals surface area contributed by atoms with Crippen LogP contribution in [0.15, 0.2) is 46.1 Å². The fraction of sp³-hybridized carbons (Fsp3) is 0.389. The van der Waals surface area contributed by atoms with Crippen molar-refractivity contribution in [2.45, 2.75) is 31.8 Å². The van der Waals surface area contributed by atoms with Crippen molar-refractivity contribution in [3.05, 3.63) is 47.3 Å². The third-order valence-electron chi connectivity index (χ3n) is 5.12. The molecule has 3 aliphatic rings. The zero-order chi connectivity index (χ0) is 19.4. The number of carbonyl (C=O) groups excluding carboxylic acids is 2. The van der Waals surface area contributed by atoms with Gasteiger partial charge in [0.05, 0.1) is 24.5 Å². The predicted octanol–water partition coefficient (Wildman–Crippen LogP) is 1.37. The monoisotopic (exact) mass is 390 g/mol. The minimum atomic E-state index is -3.73. The van der Waals surface area contributed by atoms with Crippen LogP contribution < -0.4 is 4.72 Å². The maximum Gasteiger partial charge on any atom is 0.500 e. The Hall–Kier alpha value is -2.52. The number of amides is 3. The van der Waals surface area contributed by atoms with Crippen LogP contribution in [0, 0.1) is 5.92 Å². The van der Waals surface area contributed by atoms with E-state index in [2.05, 4.69) is 4.72 Å². The van der Waals surface area contributed by atoms with E-state index in [-0.39, 0.29) is 11.4 Å². The standard InChI is InChI=1S/C18H20N3O5S/c1-18(6-7-18)19-27(24,25)13-3-4-15-14(9-13)16(22)21(17(23)20(15)2)10-12-5-8-26-11-12/h3-5,8-9,11,14,19H,6-7,10H2,1-2H3/q+1. The molecule has 2 aliphatic carbocycles. The number of nitrogens with zero attached hydrogens (tertiary/aromatic N) is 2. The third-order valence-corrected chi connectivity index (χ3v) is 6.77. The van der Waals surface area contributed by atoms with E-state index in [1.807, 2.05) is 6.92 Å².